The number of benzene rings is 3. The first-order valence-electron chi connectivity index (χ1n) is 16.1. The molecule has 252 valence electrons. The Morgan fingerprint density at radius 3 is 2.65 bits per heavy atom. The summed E-state index contributed by atoms with van der Waals surface area (Å²) in [7, 11) is -1.80. The van der Waals surface area contributed by atoms with Crippen LogP contribution in [-0.2, 0) is 34.6 Å². The molecule has 0 bridgehead atoms. The largest absolute Gasteiger partial charge is 0.497 e. The summed E-state index contributed by atoms with van der Waals surface area (Å²) in [5.41, 5.74) is 8.28. The van der Waals surface area contributed by atoms with Gasteiger partial charge in [-0.1, -0.05) is 24.3 Å². The van der Waals surface area contributed by atoms with E-state index in [1.807, 2.05) is 37.3 Å². The number of aliphatic hydroxyl groups excluding tert-OH is 1. The van der Waals surface area contributed by atoms with Crippen molar-refractivity contribution >= 4 is 37.3 Å². The van der Waals surface area contributed by atoms with E-state index in [-0.39, 0.29) is 25.0 Å². The van der Waals surface area contributed by atoms with Crippen molar-refractivity contribution in [2.45, 2.75) is 63.2 Å². The molecule has 48 heavy (non-hydrogen) atoms. The molecule has 4 N–H and O–H groups in total. The number of nitrogen functional groups attached to an aromatic ring is 1. The van der Waals surface area contributed by atoms with Crippen LogP contribution in [0.1, 0.15) is 40.5 Å². The highest BCUT2D eigenvalue weighted by Crippen LogP contribution is 2.60. The van der Waals surface area contributed by atoms with E-state index in [0.717, 1.165) is 5.56 Å². The van der Waals surface area contributed by atoms with Gasteiger partial charge in [0.15, 0.2) is 5.60 Å². The molecular formula is C35H41FN6O5Si. The Labute approximate surface area is 280 Å². The molecule has 6 rings (SSSR count). The predicted molar refractivity (Wildman–Crippen MR) is 183 cm³/mol. The Kier molecular flexibility index (Phi) is 9.11. The van der Waals surface area contributed by atoms with Crippen molar-refractivity contribution in [2.75, 3.05) is 29.7 Å². The monoisotopic (exact) mass is 672 g/mol. The van der Waals surface area contributed by atoms with Crippen LogP contribution in [0.15, 0.2) is 72.9 Å². The quantitative estimate of drug-likeness (QED) is 0.114. The highest BCUT2D eigenvalue weighted by atomic mass is 28.4. The first-order chi connectivity index (χ1) is 22.9. The molecule has 1 spiro atoms. The molecule has 4 atom stereocenters. The number of fused-ring (bicyclic) bond motifs is 2. The lowest BCUT2D eigenvalue weighted by Gasteiger charge is -2.31. The van der Waals surface area contributed by atoms with E-state index in [1.54, 1.807) is 72.4 Å². The van der Waals surface area contributed by atoms with Crippen molar-refractivity contribution < 1.29 is 28.3 Å². The molecule has 2 amide bonds. The van der Waals surface area contributed by atoms with Crippen LogP contribution >= 0.6 is 0 Å². The molecular weight excluding hydrogens is 632 g/mol. The second-order valence-electron chi connectivity index (χ2n) is 13.1. The number of halogens is 1. The minimum atomic E-state index is -3.37. The maximum atomic E-state index is 16.3. The summed E-state index contributed by atoms with van der Waals surface area (Å²) < 4.78 is 30.4. The van der Waals surface area contributed by atoms with E-state index in [0.29, 0.717) is 59.0 Å². The maximum absolute atomic E-state index is 16.3. The Morgan fingerprint density at radius 2 is 1.94 bits per heavy atom. The number of carbonyl (C=O) groups excluding carboxylic acids is 2. The predicted octanol–water partition coefficient (Wildman–Crippen LogP) is 5.07. The van der Waals surface area contributed by atoms with Crippen molar-refractivity contribution in [3.05, 3.63) is 95.3 Å². The summed E-state index contributed by atoms with van der Waals surface area (Å²) >= 11 is 0. The number of rotatable bonds is 11. The van der Waals surface area contributed by atoms with Crippen LogP contribution < -0.4 is 20.7 Å². The molecule has 0 unspecified atom stereocenters. The molecule has 1 fully saturated rings. The number of amides is 2. The third-order valence-electron chi connectivity index (χ3n) is 9.46. The van der Waals surface area contributed by atoms with Crippen LogP contribution in [-0.4, -0.2) is 60.1 Å². The minimum Gasteiger partial charge on any atom is -0.497 e. The number of carbonyl (C=O) groups is 2. The number of anilines is 3. The topological polar surface area (TPSA) is 145 Å². The number of nitrogens with two attached hydrogens (primary N) is 1. The van der Waals surface area contributed by atoms with Crippen molar-refractivity contribution in [3.63, 3.8) is 0 Å². The zero-order valence-electron chi connectivity index (χ0n) is 27.5. The first-order valence-corrected chi connectivity index (χ1v) is 19.0. The third kappa shape index (κ3) is 6.20. The standard InChI is InChI=1S/C35H41FN6O5Si/c1-22-32(48(3,4)36)31(14-16-41-21-27(15-17-43)39-40-41)47-35(22)29-19-28(46-2)12-13-30(29)42(34(35)45)20-23-6-5-7-26(18-23)38-33(44)24-8-10-25(37)11-9-24/h5-13,18-19,21-22,31-32,43H,14-17,20,37H2,1-4H3,(H,38,44)/t22-,31+,32-,35+/m1/s1. The Balaban J connectivity index is 1.30. The van der Waals surface area contributed by atoms with Crippen molar-refractivity contribution in [3.8, 4) is 5.75 Å². The van der Waals surface area contributed by atoms with Crippen LogP contribution in [0.4, 0.5) is 21.2 Å². The second kappa shape index (κ2) is 13.1. The Hall–Kier alpha value is -4.59. The molecule has 11 nitrogen and oxygen atoms in total. The average molecular weight is 673 g/mol. The molecule has 0 saturated carbocycles. The number of aromatic nitrogens is 3. The number of hydrogen-bond donors (Lipinski definition) is 3. The van der Waals surface area contributed by atoms with Gasteiger partial charge in [-0.25, -0.2) is 0 Å². The minimum absolute atomic E-state index is 0.0296. The van der Waals surface area contributed by atoms with E-state index >= 15 is 4.11 Å². The molecule has 1 aromatic heterocycles. The highest BCUT2D eigenvalue weighted by Gasteiger charge is 2.66. The summed E-state index contributed by atoms with van der Waals surface area (Å²) in [6.45, 7) is 5.87. The summed E-state index contributed by atoms with van der Waals surface area (Å²) in [5, 5.41) is 20.4. The molecule has 0 aliphatic carbocycles. The lowest BCUT2D eigenvalue weighted by atomic mass is 9.82. The van der Waals surface area contributed by atoms with Crippen molar-refractivity contribution in [1.82, 2.24) is 15.0 Å². The Morgan fingerprint density at radius 1 is 1.17 bits per heavy atom. The van der Waals surface area contributed by atoms with Crippen molar-refractivity contribution in [1.29, 1.82) is 0 Å². The fraction of sp³-hybridized carbons (Fsp3) is 0.371. The summed E-state index contributed by atoms with van der Waals surface area (Å²) in [6, 6.07) is 19.5. The normalized spacial score (nSPS) is 21.9. The van der Waals surface area contributed by atoms with E-state index in [9.17, 15) is 14.7 Å². The zero-order chi connectivity index (χ0) is 34.2. The lowest BCUT2D eigenvalue weighted by Crippen LogP contribution is -2.45. The third-order valence-corrected chi connectivity index (χ3v) is 11.9. The molecule has 2 aliphatic rings. The van der Waals surface area contributed by atoms with Crippen LogP contribution in [0.3, 0.4) is 0 Å². The highest BCUT2D eigenvalue weighted by molar-refractivity contribution is 6.72. The van der Waals surface area contributed by atoms with Gasteiger partial charge in [-0.15, -0.1) is 5.10 Å². The van der Waals surface area contributed by atoms with Crippen LogP contribution in [0.2, 0.25) is 18.6 Å². The SMILES string of the molecule is COc1ccc2c(c1)[C@]1(O[C@@H](CCn3cc(CCO)nn3)[C@H]([Si](C)(C)F)[C@H]1C)C(=O)N2Cc1cccc(NC(=O)c2ccc(N)cc2)c1. The van der Waals surface area contributed by atoms with E-state index in [4.69, 9.17) is 15.2 Å². The first kappa shape index (κ1) is 33.3. The van der Waals surface area contributed by atoms with Crippen molar-refractivity contribution in [2.24, 2.45) is 5.92 Å². The maximum Gasteiger partial charge on any atom is 0.264 e. The zero-order valence-corrected chi connectivity index (χ0v) is 28.5. The summed E-state index contributed by atoms with van der Waals surface area (Å²) in [6.07, 6.45) is 2.05. The van der Waals surface area contributed by atoms with Gasteiger partial charge in [0, 0.05) is 59.7 Å². The molecule has 0 radical (unpaired) electrons. The molecule has 4 aromatic rings. The molecule has 3 heterocycles. The summed E-state index contributed by atoms with van der Waals surface area (Å²) in [4.78, 5) is 29.3. The number of hydrogen-bond acceptors (Lipinski definition) is 8. The van der Waals surface area contributed by atoms with Gasteiger partial charge >= 0.3 is 0 Å². The van der Waals surface area contributed by atoms with Gasteiger partial charge < -0.3 is 34.6 Å². The number of ether oxygens (including phenoxy) is 2. The van der Waals surface area contributed by atoms with Crippen LogP contribution in [0.25, 0.3) is 0 Å². The number of aliphatic hydroxyl groups is 1. The van der Waals surface area contributed by atoms with Gasteiger partial charge in [0.1, 0.15) is 5.75 Å². The second-order valence-corrected chi connectivity index (χ2v) is 16.9. The van der Waals surface area contributed by atoms with Gasteiger partial charge in [-0.3, -0.25) is 14.3 Å². The Bertz CT molecular complexity index is 1810. The number of aryl methyl sites for hydroxylation is 1. The molecule has 1 saturated heterocycles. The summed E-state index contributed by atoms with van der Waals surface area (Å²) in [5.74, 6) is -0.434. The lowest BCUT2D eigenvalue weighted by molar-refractivity contribution is -0.146. The fourth-order valence-electron chi connectivity index (χ4n) is 7.28. The van der Waals surface area contributed by atoms with E-state index in [2.05, 4.69) is 15.6 Å². The van der Waals surface area contributed by atoms with Gasteiger partial charge in [0.25, 0.3) is 11.8 Å². The fourth-order valence-corrected chi connectivity index (χ4v) is 9.83. The van der Waals surface area contributed by atoms with Gasteiger partial charge in [0.2, 0.25) is 8.41 Å². The van der Waals surface area contributed by atoms with E-state index < -0.39 is 31.6 Å². The molecule has 13 heteroatoms. The van der Waals surface area contributed by atoms with E-state index in [1.165, 1.54) is 0 Å². The number of nitrogens with zero attached hydrogens (tertiary/aromatic N) is 4. The smallest absolute Gasteiger partial charge is 0.264 e. The van der Waals surface area contributed by atoms with Crippen LogP contribution in [0.5, 0.6) is 5.75 Å². The van der Waals surface area contributed by atoms with Gasteiger partial charge in [-0.05, 0) is 79.7 Å². The van der Waals surface area contributed by atoms with Gasteiger partial charge in [-0.2, -0.15) is 0 Å². The number of nitrogens with one attached hydrogen (secondary N) is 1. The average Bonchev–Trinajstić information content (AvgIpc) is 3.70. The van der Waals surface area contributed by atoms with Gasteiger partial charge in [0.05, 0.1) is 31.1 Å². The molecule has 3 aromatic carbocycles. The molecule has 2 aliphatic heterocycles. The van der Waals surface area contributed by atoms with Crippen LogP contribution in [0, 0.1) is 5.92 Å². The number of methoxy groups -OCH3 is 1.